The summed E-state index contributed by atoms with van der Waals surface area (Å²) in [5.41, 5.74) is 1.01. The Balaban J connectivity index is 2.87. The van der Waals surface area contributed by atoms with Gasteiger partial charge in [-0.1, -0.05) is 29.5 Å². The van der Waals surface area contributed by atoms with Crippen molar-refractivity contribution >= 4 is 26.7 Å². The number of rotatable bonds is 3. The van der Waals surface area contributed by atoms with Gasteiger partial charge in [0.25, 0.3) is 0 Å². The first kappa shape index (κ1) is 12.3. The molecule has 0 unspecified atom stereocenters. The van der Waals surface area contributed by atoms with Crippen LogP contribution < -0.4 is 0 Å². The standard InChI is InChI=1S/C10H12O3S2/c1-8-3-5-10(6-4-8)15(12,13)7-14-9(2)11/h3-6H,7H2,1-2H3. The quantitative estimate of drug-likeness (QED) is 0.816. The molecule has 0 saturated carbocycles. The van der Waals surface area contributed by atoms with Crippen molar-refractivity contribution in [3.63, 3.8) is 0 Å². The van der Waals surface area contributed by atoms with Crippen molar-refractivity contribution in [2.75, 3.05) is 5.08 Å². The van der Waals surface area contributed by atoms with Crippen molar-refractivity contribution in [2.24, 2.45) is 0 Å². The van der Waals surface area contributed by atoms with Gasteiger partial charge in [-0.2, -0.15) is 0 Å². The van der Waals surface area contributed by atoms with Crippen molar-refractivity contribution in [1.29, 1.82) is 0 Å². The average Bonchev–Trinajstić information content (AvgIpc) is 2.16. The molecule has 0 aliphatic rings. The van der Waals surface area contributed by atoms with Gasteiger partial charge in [-0.25, -0.2) is 8.42 Å². The summed E-state index contributed by atoms with van der Waals surface area (Å²) >= 11 is 0.810. The summed E-state index contributed by atoms with van der Waals surface area (Å²) in [6, 6.07) is 6.60. The predicted molar refractivity (Wildman–Crippen MR) is 61.5 cm³/mol. The molecule has 0 aromatic heterocycles. The molecule has 15 heavy (non-hydrogen) atoms. The van der Waals surface area contributed by atoms with E-state index in [1.807, 2.05) is 6.92 Å². The zero-order valence-corrected chi connectivity index (χ0v) is 10.2. The van der Waals surface area contributed by atoms with Crippen LogP contribution in [0.2, 0.25) is 0 Å². The molecule has 1 aromatic carbocycles. The van der Waals surface area contributed by atoms with E-state index in [4.69, 9.17) is 0 Å². The van der Waals surface area contributed by atoms with Crippen molar-refractivity contribution in [3.05, 3.63) is 29.8 Å². The Kier molecular flexibility index (Phi) is 3.93. The van der Waals surface area contributed by atoms with Crippen molar-refractivity contribution in [2.45, 2.75) is 18.7 Å². The minimum atomic E-state index is -3.33. The second kappa shape index (κ2) is 4.81. The predicted octanol–water partition coefficient (Wildman–Crippen LogP) is 2.01. The van der Waals surface area contributed by atoms with Gasteiger partial charge in [0.05, 0.1) is 4.90 Å². The molecule has 1 aromatic rings. The molecule has 0 aliphatic carbocycles. The fourth-order valence-electron chi connectivity index (χ4n) is 0.974. The molecule has 0 saturated heterocycles. The highest BCUT2D eigenvalue weighted by molar-refractivity contribution is 8.21. The second-order valence-corrected chi connectivity index (χ2v) is 6.69. The van der Waals surface area contributed by atoms with Crippen LogP contribution >= 0.6 is 11.8 Å². The van der Waals surface area contributed by atoms with Gasteiger partial charge in [0.15, 0.2) is 15.0 Å². The van der Waals surface area contributed by atoms with Gasteiger partial charge in [-0.15, -0.1) is 0 Å². The van der Waals surface area contributed by atoms with Gasteiger partial charge >= 0.3 is 0 Å². The molecule has 0 fully saturated rings. The Morgan fingerprint density at radius 1 is 1.27 bits per heavy atom. The molecule has 5 heteroatoms. The normalized spacial score (nSPS) is 11.3. The SMILES string of the molecule is CC(=O)SCS(=O)(=O)c1ccc(C)cc1. The molecule has 0 spiro atoms. The molecular weight excluding hydrogens is 232 g/mol. The van der Waals surface area contributed by atoms with Crippen LogP contribution in [0.1, 0.15) is 12.5 Å². The smallest absolute Gasteiger partial charge is 0.188 e. The highest BCUT2D eigenvalue weighted by Crippen LogP contribution is 2.17. The minimum Gasteiger partial charge on any atom is -0.288 e. The van der Waals surface area contributed by atoms with Crippen molar-refractivity contribution in [3.8, 4) is 0 Å². The summed E-state index contributed by atoms with van der Waals surface area (Å²) < 4.78 is 23.3. The first-order valence-corrected chi connectivity index (χ1v) is 6.98. The van der Waals surface area contributed by atoms with E-state index in [1.165, 1.54) is 6.92 Å². The van der Waals surface area contributed by atoms with Gasteiger partial charge in [-0.3, -0.25) is 4.79 Å². The van der Waals surface area contributed by atoms with Crippen molar-refractivity contribution < 1.29 is 13.2 Å². The second-order valence-electron chi connectivity index (χ2n) is 3.18. The van der Waals surface area contributed by atoms with E-state index in [9.17, 15) is 13.2 Å². The monoisotopic (exact) mass is 244 g/mol. The van der Waals surface area contributed by atoms with Crippen LogP contribution in [0.3, 0.4) is 0 Å². The van der Waals surface area contributed by atoms with Crippen LogP contribution in [0.25, 0.3) is 0 Å². The molecule has 0 N–H and O–H groups in total. The maximum absolute atomic E-state index is 11.7. The summed E-state index contributed by atoms with van der Waals surface area (Å²) in [5, 5.41) is -0.378. The third-order valence-electron chi connectivity index (χ3n) is 1.80. The molecule has 0 bridgehead atoms. The van der Waals surface area contributed by atoms with Gasteiger partial charge in [0, 0.05) is 6.92 Å². The van der Waals surface area contributed by atoms with E-state index in [1.54, 1.807) is 24.3 Å². The Morgan fingerprint density at radius 3 is 2.27 bits per heavy atom. The third-order valence-corrected chi connectivity index (χ3v) is 4.91. The largest absolute Gasteiger partial charge is 0.288 e. The third kappa shape index (κ3) is 3.68. The van der Waals surface area contributed by atoms with Crippen LogP contribution in [0, 0.1) is 6.92 Å². The maximum Gasteiger partial charge on any atom is 0.188 e. The molecule has 0 radical (unpaired) electrons. The number of aryl methyl sites for hydroxylation is 1. The van der Waals surface area contributed by atoms with E-state index in [-0.39, 0.29) is 15.1 Å². The van der Waals surface area contributed by atoms with E-state index >= 15 is 0 Å². The minimum absolute atomic E-state index is 0.189. The fourth-order valence-corrected chi connectivity index (χ4v) is 3.35. The van der Waals surface area contributed by atoms with Crippen LogP contribution in [0.4, 0.5) is 0 Å². The van der Waals surface area contributed by atoms with E-state index in [0.717, 1.165) is 17.3 Å². The number of carbonyl (C=O) groups is 1. The average molecular weight is 244 g/mol. The van der Waals surface area contributed by atoms with Crippen LogP contribution in [0.15, 0.2) is 29.2 Å². The molecule has 82 valence electrons. The van der Waals surface area contributed by atoms with E-state index in [0.29, 0.717) is 0 Å². The maximum atomic E-state index is 11.7. The van der Waals surface area contributed by atoms with Crippen molar-refractivity contribution in [1.82, 2.24) is 0 Å². The summed E-state index contributed by atoms with van der Waals surface area (Å²) in [7, 11) is -3.33. The number of hydrogen-bond donors (Lipinski definition) is 0. The van der Waals surface area contributed by atoms with E-state index < -0.39 is 9.84 Å². The Hall–Kier alpha value is -0.810. The molecule has 0 amide bonds. The number of hydrogen-bond acceptors (Lipinski definition) is 4. The summed E-state index contributed by atoms with van der Waals surface area (Å²) in [6.45, 7) is 3.25. The number of carbonyl (C=O) groups excluding carboxylic acids is 1. The highest BCUT2D eigenvalue weighted by atomic mass is 32.3. The molecular formula is C10H12O3S2. The number of benzene rings is 1. The lowest BCUT2D eigenvalue weighted by Gasteiger charge is -2.02. The lowest BCUT2D eigenvalue weighted by molar-refractivity contribution is -0.109. The Morgan fingerprint density at radius 2 is 1.80 bits per heavy atom. The fraction of sp³-hybridized carbons (Fsp3) is 0.300. The Labute approximate surface area is 93.8 Å². The van der Waals surface area contributed by atoms with Crippen LogP contribution in [-0.2, 0) is 14.6 Å². The lowest BCUT2D eigenvalue weighted by atomic mass is 10.2. The first-order valence-electron chi connectivity index (χ1n) is 4.34. The van der Waals surface area contributed by atoms with Crippen LogP contribution in [-0.4, -0.2) is 18.6 Å². The van der Waals surface area contributed by atoms with Gasteiger partial charge < -0.3 is 0 Å². The lowest BCUT2D eigenvalue weighted by Crippen LogP contribution is -2.05. The molecule has 3 nitrogen and oxygen atoms in total. The molecule has 0 aliphatic heterocycles. The molecule has 1 rings (SSSR count). The number of sulfone groups is 1. The zero-order chi connectivity index (χ0) is 11.5. The highest BCUT2D eigenvalue weighted by Gasteiger charge is 2.15. The summed E-state index contributed by atoms with van der Waals surface area (Å²) in [6.07, 6.45) is 0. The van der Waals surface area contributed by atoms with Gasteiger partial charge in [0.1, 0.15) is 5.08 Å². The molecule has 0 atom stereocenters. The topological polar surface area (TPSA) is 51.2 Å². The number of thioether (sulfide) groups is 1. The molecule has 0 heterocycles. The van der Waals surface area contributed by atoms with E-state index in [2.05, 4.69) is 0 Å². The first-order chi connectivity index (χ1) is 6.92. The Bertz CT molecular complexity index is 446. The summed E-state index contributed by atoms with van der Waals surface area (Å²) in [5.74, 6) is 0. The van der Waals surface area contributed by atoms with Gasteiger partial charge in [-0.05, 0) is 19.1 Å². The zero-order valence-electron chi connectivity index (χ0n) is 8.56. The van der Waals surface area contributed by atoms with Crippen LogP contribution in [0.5, 0.6) is 0 Å². The van der Waals surface area contributed by atoms with Gasteiger partial charge in [0.2, 0.25) is 0 Å². The summed E-state index contributed by atoms with van der Waals surface area (Å²) in [4.78, 5) is 10.9.